The van der Waals surface area contributed by atoms with Crippen LogP contribution in [0, 0.1) is 5.92 Å². The summed E-state index contributed by atoms with van der Waals surface area (Å²) in [5.74, 6) is 1.08. The van der Waals surface area contributed by atoms with E-state index in [9.17, 15) is 4.79 Å². The van der Waals surface area contributed by atoms with Gasteiger partial charge in [0.1, 0.15) is 0 Å². The fraction of sp³-hybridized carbons (Fsp3) is 0.600. The number of amides is 1. The van der Waals surface area contributed by atoms with Crippen molar-refractivity contribution in [1.82, 2.24) is 10.6 Å². The first-order chi connectivity index (χ1) is 12.7. The maximum atomic E-state index is 12.4. The summed E-state index contributed by atoms with van der Waals surface area (Å²) in [6.07, 6.45) is 5.60. The molecule has 1 aromatic carbocycles. The first-order valence-corrected chi connectivity index (χ1v) is 9.64. The molecule has 0 saturated heterocycles. The van der Waals surface area contributed by atoms with Gasteiger partial charge >= 0.3 is 0 Å². The van der Waals surface area contributed by atoms with Gasteiger partial charge in [-0.3, -0.25) is 4.79 Å². The quantitative estimate of drug-likeness (QED) is 0.227. The van der Waals surface area contributed by atoms with E-state index >= 15 is 0 Å². The Bertz CT molecular complexity index is 589. The Labute approximate surface area is 179 Å². The average Bonchev–Trinajstić information content (AvgIpc) is 2.67. The van der Waals surface area contributed by atoms with Crippen LogP contribution in [0.5, 0.6) is 0 Å². The lowest BCUT2D eigenvalue weighted by atomic mass is 9.88. The second kappa shape index (κ2) is 13.8. The number of halogens is 1. The van der Waals surface area contributed by atoms with E-state index in [0.717, 1.165) is 49.4 Å². The van der Waals surface area contributed by atoms with Gasteiger partial charge in [-0.15, -0.1) is 24.0 Å². The number of nitrogens with zero attached hydrogens (tertiary/aromatic N) is 1. The standard InChI is InChI=1S/C20H32N4O2.HI/c1-3-21-20(22-12-13-26-2)23-15-16-8-7-11-18(14-16)24-19(25)17-9-5-4-6-10-17;/h7-8,11,14,17H,3-6,9-10,12-13,15H2,1-2H3,(H,24,25)(H2,21,22,23);1H. The predicted octanol–water partition coefficient (Wildman–Crippen LogP) is 3.52. The molecule has 0 aliphatic heterocycles. The molecule has 0 spiro atoms. The number of methoxy groups -OCH3 is 1. The molecule has 2 rings (SSSR count). The number of hydrogen-bond donors (Lipinski definition) is 3. The van der Waals surface area contributed by atoms with Crippen LogP contribution in [0.15, 0.2) is 29.3 Å². The molecule has 6 nitrogen and oxygen atoms in total. The van der Waals surface area contributed by atoms with Crippen molar-refractivity contribution in [2.75, 3.05) is 32.1 Å². The smallest absolute Gasteiger partial charge is 0.227 e. The molecule has 27 heavy (non-hydrogen) atoms. The molecule has 0 bridgehead atoms. The lowest BCUT2D eigenvalue weighted by Gasteiger charge is -2.20. The minimum absolute atomic E-state index is 0. The van der Waals surface area contributed by atoms with Crippen LogP contribution in [0.1, 0.15) is 44.6 Å². The first kappa shape index (κ1) is 23.7. The van der Waals surface area contributed by atoms with E-state index in [1.54, 1.807) is 7.11 Å². The number of carbonyl (C=O) groups excluding carboxylic acids is 1. The zero-order valence-electron chi connectivity index (χ0n) is 16.4. The highest BCUT2D eigenvalue weighted by atomic mass is 127. The predicted molar refractivity (Wildman–Crippen MR) is 122 cm³/mol. The van der Waals surface area contributed by atoms with Crippen LogP contribution >= 0.6 is 24.0 Å². The largest absolute Gasteiger partial charge is 0.383 e. The monoisotopic (exact) mass is 488 g/mol. The molecule has 1 aromatic rings. The summed E-state index contributed by atoms with van der Waals surface area (Å²) < 4.78 is 5.05. The second-order valence-corrected chi connectivity index (χ2v) is 6.64. The van der Waals surface area contributed by atoms with Gasteiger partial charge in [0.05, 0.1) is 13.2 Å². The van der Waals surface area contributed by atoms with Crippen molar-refractivity contribution in [3.63, 3.8) is 0 Å². The lowest BCUT2D eigenvalue weighted by molar-refractivity contribution is -0.120. The van der Waals surface area contributed by atoms with Crippen LogP contribution in [-0.4, -0.2) is 38.7 Å². The van der Waals surface area contributed by atoms with Gasteiger partial charge in [0.25, 0.3) is 0 Å². The van der Waals surface area contributed by atoms with Crippen molar-refractivity contribution in [3.05, 3.63) is 29.8 Å². The van der Waals surface area contributed by atoms with Gasteiger partial charge in [0.15, 0.2) is 5.96 Å². The Morgan fingerprint density at radius 1 is 1.22 bits per heavy atom. The molecule has 1 amide bonds. The van der Waals surface area contributed by atoms with Gasteiger partial charge < -0.3 is 20.7 Å². The van der Waals surface area contributed by atoms with Crippen LogP contribution in [0.4, 0.5) is 5.69 Å². The van der Waals surface area contributed by atoms with E-state index in [1.807, 2.05) is 31.2 Å². The Kier molecular flexibility index (Phi) is 12.1. The van der Waals surface area contributed by atoms with Crippen LogP contribution < -0.4 is 16.0 Å². The summed E-state index contributed by atoms with van der Waals surface area (Å²) in [5.41, 5.74) is 1.92. The molecular weight excluding hydrogens is 455 g/mol. The number of anilines is 1. The average molecular weight is 488 g/mol. The van der Waals surface area contributed by atoms with E-state index in [0.29, 0.717) is 19.7 Å². The van der Waals surface area contributed by atoms with E-state index in [2.05, 4.69) is 20.9 Å². The van der Waals surface area contributed by atoms with Crippen LogP contribution in [0.2, 0.25) is 0 Å². The van der Waals surface area contributed by atoms with Crippen molar-refractivity contribution in [1.29, 1.82) is 0 Å². The first-order valence-electron chi connectivity index (χ1n) is 9.64. The number of hydrogen-bond acceptors (Lipinski definition) is 3. The zero-order valence-corrected chi connectivity index (χ0v) is 18.8. The molecule has 0 atom stereocenters. The van der Waals surface area contributed by atoms with Gasteiger partial charge in [-0.1, -0.05) is 31.4 Å². The fourth-order valence-electron chi connectivity index (χ4n) is 3.14. The van der Waals surface area contributed by atoms with Gasteiger partial charge in [0.2, 0.25) is 5.91 Å². The molecule has 1 aliphatic rings. The lowest BCUT2D eigenvalue weighted by Crippen LogP contribution is -2.38. The Balaban J connectivity index is 0.00000364. The highest BCUT2D eigenvalue weighted by molar-refractivity contribution is 14.0. The fourth-order valence-corrected chi connectivity index (χ4v) is 3.14. The SMILES string of the molecule is CCNC(=NCc1cccc(NC(=O)C2CCCCC2)c1)NCCOC.I. The number of ether oxygens (including phenoxy) is 1. The van der Waals surface area contributed by atoms with E-state index in [1.165, 1.54) is 6.42 Å². The number of rotatable bonds is 8. The van der Waals surface area contributed by atoms with Gasteiger partial charge in [-0.2, -0.15) is 0 Å². The molecule has 1 fully saturated rings. The van der Waals surface area contributed by atoms with Gasteiger partial charge in [0, 0.05) is 31.8 Å². The van der Waals surface area contributed by atoms with Crippen LogP contribution in [0.3, 0.4) is 0 Å². The number of nitrogens with one attached hydrogen (secondary N) is 3. The van der Waals surface area contributed by atoms with Gasteiger partial charge in [-0.25, -0.2) is 4.99 Å². The second-order valence-electron chi connectivity index (χ2n) is 6.64. The molecule has 0 radical (unpaired) electrons. The third-order valence-corrected chi connectivity index (χ3v) is 4.53. The summed E-state index contributed by atoms with van der Waals surface area (Å²) in [6, 6.07) is 7.93. The normalized spacial score (nSPS) is 15.0. The van der Waals surface area contributed by atoms with E-state index in [-0.39, 0.29) is 35.8 Å². The minimum Gasteiger partial charge on any atom is -0.383 e. The van der Waals surface area contributed by atoms with Crippen molar-refractivity contribution < 1.29 is 9.53 Å². The number of aliphatic imine (C=N–C) groups is 1. The highest BCUT2D eigenvalue weighted by Gasteiger charge is 2.20. The molecule has 0 heterocycles. The van der Waals surface area contributed by atoms with Crippen LogP contribution in [0.25, 0.3) is 0 Å². The van der Waals surface area contributed by atoms with Crippen molar-refractivity contribution in [2.45, 2.75) is 45.6 Å². The Morgan fingerprint density at radius 2 is 2.00 bits per heavy atom. The summed E-state index contributed by atoms with van der Waals surface area (Å²) >= 11 is 0. The molecule has 0 aromatic heterocycles. The number of benzene rings is 1. The Hall–Kier alpha value is -1.35. The minimum atomic E-state index is 0. The topological polar surface area (TPSA) is 74.8 Å². The summed E-state index contributed by atoms with van der Waals surface area (Å²) in [6.45, 7) is 4.73. The molecular formula is C20H33IN4O2. The summed E-state index contributed by atoms with van der Waals surface area (Å²) in [7, 11) is 1.68. The van der Waals surface area contributed by atoms with Crippen molar-refractivity contribution in [2.24, 2.45) is 10.9 Å². The van der Waals surface area contributed by atoms with Crippen molar-refractivity contribution in [3.8, 4) is 0 Å². The maximum Gasteiger partial charge on any atom is 0.227 e. The highest BCUT2D eigenvalue weighted by Crippen LogP contribution is 2.25. The third kappa shape index (κ3) is 8.92. The summed E-state index contributed by atoms with van der Waals surface area (Å²) in [4.78, 5) is 17.0. The molecule has 0 unspecified atom stereocenters. The molecule has 1 saturated carbocycles. The number of guanidine groups is 1. The van der Waals surface area contributed by atoms with Crippen molar-refractivity contribution >= 4 is 41.5 Å². The molecule has 7 heteroatoms. The van der Waals surface area contributed by atoms with Gasteiger partial charge in [-0.05, 0) is 37.5 Å². The Morgan fingerprint density at radius 3 is 2.70 bits per heavy atom. The van der Waals surface area contributed by atoms with E-state index < -0.39 is 0 Å². The molecule has 3 N–H and O–H groups in total. The third-order valence-electron chi connectivity index (χ3n) is 4.53. The van der Waals surface area contributed by atoms with Crippen LogP contribution in [-0.2, 0) is 16.1 Å². The molecule has 152 valence electrons. The zero-order chi connectivity index (χ0) is 18.6. The number of carbonyl (C=O) groups is 1. The molecule has 1 aliphatic carbocycles. The summed E-state index contributed by atoms with van der Waals surface area (Å²) in [5, 5.41) is 9.51. The maximum absolute atomic E-state index is 12.4. The van der Waals surface area contributed by atoms with E-state index in [4.69, 9.17) is 4.74 Å².